The van der Waals surface area contributed by atoms with Gasteiger partial charge < -0.3 is 9.88 Å². The van der Waals surface area contributed by atoms with Gasteiger partial charge >= 0.3 is 0 Å². The molecule has 27 heavy (non-hydrogen) atoms. The van der Waals surface area contributed by atoms with E-state index < -0.39 is 0 Å². The smallest absolute Gasteiger partial charge is 0.251 e. The molecule has 0 bridgehead atoms. The lowest BCUT2D eigenvalue weighted by atomic mass is 10.1. The minimum atomic E-state index is -0.191. The number of nitrogens with one attached hydrogen (secondary N) is 1. The van der Waals surface area contributed by atoms with Crippen molar-refractivity contribution in [3.8, 4) is 11.3 Å². The van der Waals surface area contributed by atoms with Crippen LogP contribution in [0.4, 0.5) is 0 Å². The van der Waals surface area contributed by atoms with Crippen molar-refractivity contribution in [1.29, 1.82) is 0 Å². The lowest BCUT2D eigenvalue weighted by Crippen LogP contribution is -2.32. The Morgan fingerprint density at radius 1 is 1.33 bits per heavy atom. The summed E-state index contributed by atoms with van der Waals surface area (Å²) in [5.74, 6) is 0.663. The zero-order valence-electron chi connectivity index (χ0n) is 15.0. The number of hydrogen-bond donors (Lipinski definition) is 1. The second-order valence-corrected chi connectivity index (χ2v) is 6.79. The summed E-state index contributed by atoms with van der Waals surface area (Å²) in [6.07, 6.45) is 7.70. The Balaban J connectivity index is 1.49. The zero-order valence-corrected chi connectivity index (χ0v) is 15.0. The zero-order chi connectivity index (χ0) is 18.8. The third-order valence-corrected chi connectivity index (χ3v) is 4.72. The summed E-state index contributed by atoms with van der Waals surface area (Å²) in [6.45, 7) is 3.36. The van der Waals surface area contributed by atoms with Crippen molar-refractivity contribution in [2.75, 3.05) is 13.1 Å². The maximum Gasteiger partial charge on any atom is 0.251 e. The largest absolute Gasteiger partial charge is 0.340 e. The molecule has 1 N–H and O–H groups in total. The normalized spacial score (nSPS) is 16.6. The van der Waals surface area contributed by atoms with Gasteiger partial charge in [0.2, 0.25) is 5.91 Å². The molecule has 8 nitrogen and oxygen atoms in total. The number of amides is 1. The quantitative estimate of drug-likeness (QED) is 0.754. The van der Waals surface area contributed by atoms with Gasteiger partial charge in [0, 0.05) is 49.2 Å². The highest BCUT2D eigenvalue weighted by Gasteiger charge is 2.29. The lowest BCUT2D eigenvalue weighted by molar-refractivity contribution is -0.131. The molecule has 1 fully saturated rings. The van der Waals surface area contributed by atoms with Gasteiger partial charge in [0.25, 0.3) is 5.56 Å². The first-order valence-electron chi connectivity index (χ1n) is 8.87. The molecule has 1 unspecified atom stereocenters. The van der Waals surface area contributed by atoms with E-state index in [0.717, 1.165) is 17.5 Å². The first kappa shape index (κ1) is 17.1. The first-order valence-corrected chi connectivity index (χ1v) is 8.87. The molecule has 3 aromatic rings. The number of carbonyl (C=O) groups excluding carboxylic acids is 1. The van der Waals surface area contributed by atoms with Gasteiger partial charge in [0.1, 0.15) is 12.4 Å². The number of carbonyl (C=O) groups is 1. The number of aromatic amines is 1. The fraction of sp³-hybridized carbons (Fsp3) is 0.316. The van der Waals surface area contributed by atoms with E-state index in [1.54, 1.807) is 28.2 Å². The predicted octanol–water partition coefficient (Wildman–Crippen LogP) is 1.35. The van der Waals surface area contributed by atoms with Gasteiger partial charge in [-0.3, -0.25) is 19.3 Å². The fourth-order valence-corrected chi connectivity index (χ4v) is 3.34. The Labute approximate surface area is 155 Å². The van der Waals surface area contributed by atoms with Crippen molar-refractivity contribution >= 4 is 5.91 Å². The Morgan fingerprint density at radius 2 is 2.15 bits per heavy atom. The fourth-order valence-electron chi connectivity index (χ4n) is 3.34. The Bertz CT molecular complexity index is 1010. The molecule has 1 atom stereocenters. The molecule has 1 amide bonds. The van der Waals surface area contributed by atoms with Crippen molar-refractivity contribution in [1.82, 2.24) is 29.6 Å². The number of likely N-dealkylation sites (tertiary alicyclic amines) is 1. The number of nitrogens with zero attached hydrogens (tertiary/aromatic N) is 5. The summed E-state index contributed by atoms with van der Waals surface area (Å²) in [7, 11) is 0. The number of hydrogen-bond acceptors (Lipinski definition) is 5. The average molecular weight is 364 g/mol. The monoisotopic (exact) mass is 364 g/mol. The highest BCUT2D eigenvalue weighted by atomic mass is 16.2. The molecule has 1 aliphatic rings. The average Bonchev–Trinajstić information content (AvgIpc) is 3.31. The van der Waals surface area contributed by atoms with Gasteiger partial charge in [-0.2, -0.15) is 5.10 Å². The molecule has 8 heteroatoms. The van der Waals surface area contributed by atoms with E-state index in [1.165, 1.54) is 6.07 Å². The van der Waals surface area contributed by atoms with Crippen LogP contribution < -0.4 is 5.56 Å². The Hall–Kier alpha value is -3.29. The highest BCUT2D eigenvalue weighted by Crippen LogP contribution is 2.25. The first-order chi connectivity index (χ1) is 13.1. The van der Waals surface area contributed by atoms with Crippen LogP contribution in [0.2, 0.25) is 0 Å². The van der Waals surface area contributed by atoms with Crippen LogP contribution in [0.3, 0.4) is 0 Å². The molecule has 3 aromatic heterocycles. The molecule has 4 heterocycles. The second-order valence-electron chi connectivity index (χ2n) is 6.79. The molecule has 0 spiro atoms. The summed E-state index contributed by atoms with van der Waals surface area (Å²) in [6, 6.07) is 5.13. The topological polar surface area (TPSA) is 96.8 Å². The van der Waals surface area contributed by atoms with E-state index in [1.807, 2.05) is 25.3 Å². The van der Waals surface area contributed by atoms with Crippen LogP contribution in [0.25, 0.3) is 11.3 Å². The number of pyridine rings is 1. The summed E-state index contributed by atoms with van der Waals surface area (Å²) < 4.78 is 1.65. The number of aromatic nitrogens is 5. The van der Waals surface area contributed by atoms with Crippen LogP contribution in [0, 0.1) is 6.92 Å². The molecular weight excluding hydrogens is 344 g/mol. The van der Waals surface area contributed by atoms with E-state index in [9.17, 15) is 9.59 Å². The number of rotatable bonds is 4. The van der Waals surface area contributed by atoms with Gasteiger partial charge in [-0.15, -0.1) is 0 Å². The molecule has 4 rings (SSSR count). The molecule has 0 saturated carbocycles. The van der Waals surface area contributed by atoms with Crippen molar-refractivity contribution in [3.63, 3.8) is 0 Å². The standard InChI is InChI=1S/C19H20N6O2/c1-13-9-21-25(10-13)12-18(27)24-7-4-15(11-24)19-22-16(8-17(26)23-19)14-2-5-20-6-3-14/h2-3,5-6,8-10,15H,4,7,11-12H2,1H3,(H,22,23,26). The van der Waals surface area contributed by atoms with E-state index in [-0.39, 0.29) is 23.9 Å². The Kier molecular flexibility index (Phi) is 4.53. The van der Waals surface area contributed by atoms with Crippen LogP contribution in [0.5, 0.6) is 0 Å². The molecule has 1 aliphatic heterocycles. The third kappa shape index (κ3) is 3.79. The highest BCUT2D eigenvalue weighted by molar-refractivity contribution is 5.76. The minimum Gasteiger partial charge on any atom is -0.340 e. The molecular formula is C19H20N6O2. The summed E-state index contributed by atoms with van der Waals surface area (Å²) >= 11 is 0. The number of aryl methyl sites for hydroxylation is 1. The van der Waals surface area contributed by atoms with Crippen LogP contribution in [-0.4, -0.2) is 48.6 Å². The van der Waals surface area contributed by atoms with Crippen molar-refractivity contribution in [2.45, 2.75) is 25.8 Å². The molecule has 1 saturated heterocycles. The van der Waals surface area contributed by atoms with Crippen LogP contribution >= 0.6 is 0 Å². The van der Waals surface area contributed by atoms with Crippen LogP contribution in [-0.2, 0) is 11.3 Å². The summed E-state index contributed by atoms with van der Waals surface area (Å²) in [5, 5.41) is 4.17. The molecule has 0 radical (unpaired) electrons. The van der Waals surface area contributed by atoms with Gasteiger partial charge in [0.15, 0.2) is 0 Å². The minimum absolute atomic E-state index is 0.0165. The van der Waals surface area contributed by atoms with Gasteiger partial charge in [-0.25, -0.2) is 4.98 Å². The summed E-state index contributed by atoms with van der Waals surface area (Å²) in [4.78, 5) is 37.9. The van der Waals surface area contributed by atoms with Crippen LogP contribution in [0.15, 0.2) is 47.8 Å². The van der Waals surface area contributed by atoms with Crippen molar-refractivity contribution in [2.24, 2.45) is 0 Å². The van der Waals surface area contributed by atoms with E-state index in [2.05, 4.69) is 20.1 Å². The maximum atomic E-state index is 12.5. The number of H-pyrrole nitrogens is 1. The Morgan fingerprint density at radius 3 is 2.89 bits per heavy atom. The maximum absolute atomic E-state index is 12.5. The SMILES string of the molecule is Cc1cnn(CC(=O)N2CCC(c3nc(-c4ccncc4)cc(=O)[nH]3)C2)c1. The third-order valence-electron chi connectivity index (χ3n) is 4.72. The van der Waals surface area contributed by atoms with Gasteiger partial charge in [-0.1, -0.05) is 0 Å². The second kappa shape index (κ2) is 7.14. The van der Waals surface area contributed by atoms with E-state index in [0.29, 0.717) is 24.6 Å². The molecule has 0 aliphatic carbocycles. The molecule has 0 aromatic carbocycles. The lowest BCUT2D eigenvalue weighted by Gasteiger charge is -2.16. The van der Waals surface area contributed by atoms with Crippen molar-refractivity contribution in [3.05, 3.63) is 64.7 Å². The van der Waals surface area contributed by atoms with Crippen molar-refractivity contribution < 1.29 is 4.79 Å². The summed E-state index contributed by atoms with van der Waals surface area (Å²) in [5.41, 5.74) is 2.30. The van der Waals surface area contributed by atoms with Gasteiger partial charge in [0.05, 0.1) is 11.9 Å². The van der Waals surface area contributed by atoms with E-state index >= 15 is 0 Å². The van der Waals surface area contributed by atoms with Gasteiger partial charge in [-0.05, 0) is 31.0 Å². The predicted molar refractivity (Wildman–Crippen MR) is 99.0 cm³/mol. The van der Waals surface area contributed by atoms with Crippen LogP contribution in [0.1, 0.15) is 23.7 Å². The molecule has 138 valence electrons. The van der Waals surface area contributed by atoms with E-state index in [4.69, 9.17) is 0 Å².